The van der Waals surface area contributed by atoms with Crippen molar-refractivity contribution in [1.82, 2.24) is 56.4 Å². The molecule has 9 rings (SSSR count). The number of primary amides is 1. The monoisotopic (exact) mass is 1670 g/mol. The number of ketones is 1. The smallest absolute Gasteiger partial charge is 0.407 e. The van der Waals surface area contributed by atoms with Crippen molar-refractivity contribution >= 4 is 70.0 Å². The number of fused-ring (bicyclic) bond motifs is 6. The number of nitrogens with one attached hydrogen (secondary N) is 7. The Labute approximate surface area is 692 Å². The molecule has 0 saturated heterocycles. The minimum absolute atomic E-state index is 0.0189. The first-order valence-corrected chi connectivity index (χ1v) is 41.2. The molecule has 5 aromatic rings. The summed E-state index contributed by atoms with van der Waals surface area (Å²) in [6, 6.07) is 7.73. The highest BCUT2D eigenvalue weighted by molar-refractivity contribution is 5.94. The van der Waals surface area contributed by atoms with E-state index in [4.69, 9.17) is 62.8 Å². The lowest BCUT2D eigenvalue weighted by atomic mass is 9.81. The number of carbonyl (C=O) groups is 9. The van der Waals surface area contributed by atoms with Crippen molar-refractivity contribution in [3.63, 3.8) is 0 Å². The van der Waals surface area contributed by atoms with Gasteiger partial charge in [0, 0.05) is 73.8 Å². The number of alkyl carbamates (subject to hydrolysis) is 1. The first kappa shape index (κ1) is 95.0. The van der Waals surface area contributed by atoms with Crippen molar-refractivity contribution in [1.29, 1.82) is 0 Å². The maximum atomic E-state index is 15.2. The molecule has 0 bridgehead atoms. The molecule has 1 unspecified atom stereocenters. The molecule has 35 nitrogen and oxygen atoms in total. The number of pyridine rings is 2. The first-order chi connectivity index (χ1) is 57.3. The van der Waals surface area contributed by atoms with Gasteiger partial charge in [-0.15, -0.1) is 5.10 Å². The van der Waals surface area contributed by atoms with E-state index in [2.05, 4.69) is 61.4 Å². The van der Waals surface area contributed by atoms with Gasteiger partial charge in [-0.3, -0.25) is 33.6 Å². The van der Waals surface area contributed by atoms with Crippen molar-refractivity contribution in [2.75, 3.05) is 137 Å². The van der Waals surface area contributed by atoms with Gasteiger partial charge in [0.2, 0.25) is 29.5 Å². The van der Waals surface area contributed by atoms with E-state index in [9.17, 15) is 53.1 Å². The molecular formula is C83H120FN13O22. The fourth-order valence-corrected chi connectivity index (χ4v) is 14.0. The Bertz CT molecular complexity index is 4260. The molecule has 0 saturated carbocycles. The van der Waals surface area contributed by atoms with Crippen LogP contribution in [0.3, 0.4) is 0 Å². The first-order valence-electron chi connectivity index (χ1n) is 41.2. The molecule has 5 atom stereocenters. The number of urea groups is 1. The summed E-state index contributed by atoms with van der Waals surface area (Å²) < 4.78 is 79.6. The van der Waals surface area contributed by atoms with Crippen LogP contribution < -0.4 is 48.5 Å². The lowest BCUT2D eigenvalue weighted by Crippen LogP contribution is -2.51. The van der Waals surface area contributed by atoms with Crippen LogP contribution in [0.2, 0.25) is 0 Å². The van der Waals surface area contributed by atoms with E-state index in [0.717, 1.165) is 62.1 Å². The molecule has 4 aliphatic rings. The van der Waals surface area contributed by atoms with Gasteiger partial charge in [0.05, 0.1) is 146 Å². The Hall–Kier alpha value is -9.50. The molecule has 2 aromatic carbocycles. The third-order valence-electron chi connectivity index (χ3n) is 20.5. The van der Waals surface area contributed by atoms with E-state index in [1.54, 1.807) is 44.2 Å². The number of hydrogen-bond donors (Lipinski definition) is 9. The number of rotatable bonds is 50. The number of halogens is 1. The lowest BCUT2D eigenvalue weighted by molar-refractivity contribution is -0.172. The Balaban J connectivity index is 0.000000298. The summed E-state index contributed by atoms with van der Waals surface area (Å²) in [6.45, 7) is 21.2. The quantitative estimate of drug-likeness (QED) is 0.0163. The van der Waals surface area contributed by atoms with E-state index in [1.807, 2.05) is 25.5 Å². The van der Waals surface area contributed by atoms with Crippen molar-refractivity contribution in [3.05, 3.63) is 103 Å². The highest BCUT2D eigenvalue weighted by Gasteiger charge is 2.46. The molecule has 0 spiro atoms. The van der Waals surface area contributed by atoms with Crippen molar-refractivity contribution in [2.45, 2.75) is 195 Å². The molecule has 2 aliphatic carbocycles. The summed E-state index contributed by atoms with van der Waals surface area (Å²) in [5, 5.41) is 39.9. The van der Waals surface area contributed by atoms with Crippen LogP contribution in [0.1, 0.15) is 182 Å². The number of amides is 8. The maximum absolute atomic E-state index is 15.2. The highest BCUT2D eigenvalue weighted by atomic mass is 19.1. The number of benzene rings is 2. The SMILES string of the molecule is CC(C)CCOCCOCCOCCn1nnc2c1CCCCCC2OCC(=O)NCCOCCOCCOCCOCCC(=O)N[C@H](C(=O)N[C@H](C)CCCNC(N)=O)C(C)C.CC[C@@]1(O)C(=O)OCc2c1cc1n(c2=O)Cc2c-1nc1cc(F)c(C)c3c1c2[C@@H](NC(=O)COCCC(=O)CNC(=O)OCc1ccc(NC(C)=O)cc1)CC3. The Morgan fingerprint density at radius 1 is 0.714 bits per heavy atom. The molecule has 0 fully saturated rings. The number of anilines is 1. The summed E-state index contributed by atoms with van der Waals surface area (Å²) in [5.41, 5.74) is 9.81. The Kier molecular flexibility index (Phi) is 39.3. The summed E-state index contributed by atoms with van der Waals surface area (Å²) in [7, 11) is 0. The Morgan fingerprint density at radius 2 is 1.39 bits per heavy atom. The van der Waals surface area contributed by atoms with Gasteiger partial charge in [-0.1, -0.05) is 64.8 Å². The largest absolute Gasteiger partial charge is 0.458 e. The van der Waals surface area contributed by atoms with E-state index in [1.165, 1.54) is 17.6 Å². The van der Waals surface area contributed by atoms with Crippen LogP contribution in [0, 0.1) is 24.6 Å². The number of ether oxygens (including phenoxy) is 11. The zero-order valence-electron chi connectivity index (χ0n) is 69.8. The standard InChI is InChI=1S/C43H80N8O12.C40H40FN5O10/c1-33(2)13-18-56-22-26-60-29-25-59-21-17-51-36-11-7-6-8-12-37(41(36)49-50-51)63-32-39(53)45-16-20-58-24-28-62-31-30-61-27-23-57-19-14-38(52)48-40(34(3)4)42(54)47-35(5)10-9-15-46-43(44)55;1-4-40(53)28-13-32-36-26(16-46(32)37(50)27(28)18-55-38(40)51)35-30(10-9-25-20(2)29(41)14-31(45-36)34(25)35)44-33(49)19-54-12-11-24(48)15-42-39(52)56-17-22-5-7-23(8-6-22)43-21(3)47/h33-35,37,40H,6-32H2,1-5H3,(H,45,53)(H,47,54)(H,48,52)(H3,44,46,55);5-8,13-14,30,53H,4,9-12,15-19H2,1-3H3,(H,42,52)(H,43,47)(H,44,49)/t35-,37?,40+;30-,40-/m10/s1. The predicted molar refractivity (Wildman–Crippen MR) is 433 cm³/mol. The number of aromatic nitrogens is 5. The third-order valence-corrected chi connectivity index (χ3v) is 20.5. The molecule has 0 radical (unpaired) electrons. The van der Waals surface area contributed by atoms with Crippen LogP contribution in [0.25, 0.3) is 22.3 Å². The van der Waals surface area contributed by atoms with E-state index >= 15 is 4.39 Å². The average Bonchev–Trinajstić information content (AvgIpc) is 1.59. The number of cyclic esters (lactones) is 1. The van der Waals surface area contributed by atoms with Crippen LogP contribution in [0.15, 0.2) is 41.2 Å². The van der Waals surface area contributed by atoms with Crippen molar-refractivity contribution in [2.24, 2.45) is 17.6 Å². The second-order valence-electron chi connectivity index (χ2n) is 30.4. The van der Waals surface area contributed by atoms with Crippen molar-refractivity contribution in [3.8, 4) is 11.4 Å². The minimum atomic E-state index is -2.01. The van der Waals surface area contributed by atoms with E-state index in [0.29, 0.717) is 181 Å². The molecule has 36 heteroatoms. The summed E-state index contributed by atoms with van der Waals surface area (Å²) in [5.74, 6) is -2.49. The van der Waals surface area contributed by atoms with Gasteiger partial charge < -0.3 is 105 Å². The van der Waals surface area contributed by atoms with Gasteiger partial charge in [0.15, 0.2) is 11.4 Å². The van der Waals surface area contributed by atoms with Gasteiger partial charge in [-0.05, 0) is 124 Å². The van der Waals surface area contributed by atoms with Crippen LogP contribution in [-0.2, 0) is 130 Å². The topological polar surface area (TPSA) is 451 Å². The number of Topliss-reactive ketones (excluding diaryl/α,β-unsaturated/α-hetero) is 1. The summed E-state index contributed by atoms with van der Waals surface area (Å²) in [4.78, 5) is 129. The zero-order chi connectivity index (χ0) is 85.8. The fourth-order valence-electron chi connectivity index (χ4n) is 14.0. The van der Waals surface area contributed by atoms with Crippen molar-refractivity contribution < 1.29 is 105 Å². The molecule has 5 heterocycles. The van der Waals surface area contributed by atoms with E-state index < -0.39 is 53.1 Å². The number of carbonyl (C=O) groups excluding carboxylic acids is 9. The molecule has 119 heavy (non-hydrogen) atoms. The number of hydrogen-bond acceptors (Lipinski definition) is 25. The molecule has 2 aliphatic heterocycles. The molecule has 10 N–H and O–H groups in total. The molecule has 3 aromatic heterocycles. The molecular weight excluding hydrogens is 1550 g/mol. The van der Waals surface area contributed by atoms with Gasteiger partial charge in [0.25, 0.3) is 5.56 Å². The minimum Gasteiger partial charge on any atom is -0.458 e. The highest BCUT2D eigenvalue weighted by Crippen LogP contribution is 2.46. The number of aryl methyl sites for hydroxylation is 1. The summed E-state index contributed by atoms with van der Waals surface area (Å²) in [6.07, 6.45) is 6.96. The number of aliphatic hydroxyl groups is 1. The normalized spacial score (nSPS) is 16.3. The van der Waals surface area contributed by atoms with Gasteiger partial charge >= 0.3 is 18.1 Å². The van der Waals surface area contributed by atoms with E-state index in [-0.39, 0.29) is 131 Å². The second-order valence-corrected chi connectivity index (χ2v) is 30.4. The maximum Gasteiger partial charge on any atom is 0.407 e. The lowest BCUT2D eigenvalue weighted by Gasteiger charge is -2.31. The van der Waals surface area contributed by atoms with Crippen LogP contribution >= 0.6 is 0 Å². The summed E-state index contributed by atoms with van der Waals surface area (Å²) >= 11 is 0. The zero-order valence-corrected chi connectivity index (χ0v) is 69.8. The van der Waals surface area contributed by atoms with Crippen LogP contribution in [0.5, 0.6) is 0 Å². The van der Waals surface area contributed by atoms with Gasteiger partial charge in [-0.25, -0.2) is 28.4 Å². The van der Waals surface area contributed by atoms with Gasteiger partial charge in [-0.2, -0.15) is 0 Å². The van der Waals surface area contributed by atoms with Crippen LogP contribution in [0.4, 0.5) is 19.7 Å². The molecule has 8 amide bonds. The van der Waals surface area contributed by atoms with Crippen LogP contribution in [-0.4, -0.2) is 227 Å². The third kappa shape index (κ3) is 29.7. The second kappa shape index (κ2) is 49.3. The van der Waals surface area contributed by atoms with Gasteiger partial charge in [0.1, 0.15) is 50.1 Å². The average molecular weight is 1670 g/mol. The number of nitrogens with zero attached hydrogens (tertiary/aromatic N) is 5. The number of esters is 1. The number of nitrogens with two attached hydrogens (primary N) is 1. The Morgan fingerprint density at radius 3 is 2.06 bits per heavy atom. The molecule has 656 valence electrons. The predicted octanol–water partition coefficient (Wildman–Crippen LogP) is 5.71. The fraction of sp³-hybridized carbons (Fsp3) is 0.627.